The van der Waals surface area contributed by atoms with E-state index in [9.17, 15) is 0 Å². The van der Waals surface area contributed by atoms with Crippen LogP contribution in [0.5, 0.6) is 0 Å². The maximum atomic E-state index is 4.98. The first-order chi connectivity index (χ1) is 5.17. The van der Waals surface area contributed by atoms with E-state index in [0.717, 1.165) is 5.82 Å². The zero-order chi connectivity index (χ0) is 8.32. The average Bonchev–Trinajstić information content (AvgIpc) is 2.37. The molecule has 1 aromatic heterocycles. The predicted octanol–water partition coefficient (Wildman–Crippen LogP) is 0.578. The molecule has 4 heteroatoms. The van der Waals surface area contributed by atoms with Gasteiger partial charge in [-0.15, -0.1) is 0 Å². The largest absolute Gasteiger partial charge is 0.348 e. The first kappa shape index (κ1) is 8.23. The Bertz CT molecular complexity index is 205. The standard InChI is InChI=1S/C7H13N3O/c1-7(2,5-11-8)6-9-3-4-10-6/h3-4H,5,8H2,1-2H3,(H,9,10). The first-order valence-electron chi connectivity index (χ1n) is 3.48. The van der Waals surface area contributed by atoms with Crippen LogP contribution in [-0.4, -0.2) is 16.6 Å². The van der Waals surface area contributed by atoms with Crippen LogP contribution in [0.25, 0.3) is 0 Å². The molecular formula is C7H13N3O. The van der Waals surface area contributed by atoms with Crippen molar-refractivity contribution in [2.75, 3.05) is 6.61 Å². The van der Waals surface area contributed by atoms with Crippen LogP contribution < -0.4 is 5.90 Å². The van der Waals surface area contributed by atoms with E-state index in [4.69, 9.17) is 5.90 Å². The van der Waals surface area contributed by atoms with Gasteiger partial charge < -0.3 is 9.82 Å². The molecular weight excluding hydrogens is 142 g/mol. The van der Waals surface area contributed by atoms with Crippen LogP contribution in [0.2, 0.25) is 0 Å². The third-order valence-corrected chi connectivity index (χ3v) is 1.58. The summed E-state index contributed by atoms with van der Waals surface area (Å²) in [5, 5.41) is 0. The minimum atomic E-state index is -0.141. The topological polar surface area (TPSA) is 63.9 Å². The van der Waals surface area contributed by atoms with E-state index in [1.165, 1.54) is 0 Å². The summed E-state index contributed by atoms with van der Waals surface area (Å²) in [7, 11) is 0. The van der Waals surface area contributed by atoms with E-state index in [-0.39, 0.29) is 5.41 Å². The number of aromatic nitrogens is 2. The normalized spacial score (nSPS) is 11.9. The Morgan fingerprint density at radius 3 is 2.91 bits per heavy atom. The Balaban J connectivity index is 2.73. The third kappa shape index (κ3) is 1.78. The molecule has 0 bridgehead atoms. The molecule has 1 rings (SSSR count). The summed E-state index contributed by atoms with van der Waals surface area (Å²) in [6.07, 6.45) is 3.50. The fourth-order valence-electron chi connectivity index (χ4n) is 0.912. The minimum Gasteiger partial charge on any atom is -0.348 e. The molecule has 3 N–H and O–H groups in total. The second-order valence-corrected chi connectivity index (χ2v) is 3.13. The van der Waals surface area contributed by atoms with Crippen molar-refractivity contribution in [3.8, 4) is 0 Å². The molecule has 0 unspecified atom stereocenters. The summed E-state index contributed by atoms with van der Waals surface area (Å²) >= 11 is 0. The Morgan fingerprint density at radius 1 is 1.73 bits per heavy atom. The van der Waals surface area contributed by atoms with Crippen molar-refractivity contribution in [2.45, 2.75) is 19.3 Å². The summed E-state index contributed by atoms with van der Waals surface area (Å²) in [6.45, 7) is 4.48. The number of nitrogens with one attached hydrogen (secondary N) is 1. The van der Waals surface area contributed by atoms with Crippen LogP contribution in [-0.2, 0) is 10.3 Å². The Kier molecular flexibility index (Phi) is 2.26. The second-order valence-electron chi connectivity index (χ2n) is 3.13. The molecule has 1 heterocycles. The van der Waals surface area contributed by atoms with E-state index >= 15 is 0 Å². The summed E-state index contributed by atoms with van der Waals surface area (Å²) in [5.41, 5.74) is -0.141. The van der Waals surface area contributed by atoms with Crippen molar-refractivity contribution in [2.24, 2.45) is 5.90 Å². The summed E-state index contributed by atoms with van der Waals surface area (Å²) in [5.74, 6) is 5.87. The highest BCUT2D eigenvalue weighted by Gasteiger charge is 2.22. The molecule has 0 atom stereocenters. The van der Waals surface area contributed by atoms with Gasteiger partial charge in [-0.1, -0.05) is 13.8 Å². The highest BCUT2D eigenvalue weighted by molar-refractivity contribution is 5.03. The number of nitrogens with zero attached hydrogens (tertiary/aromatic N) is 1. The SMILES string of the molecule is CC(C)(CON)c1ncc[nH]1. The molecule has 0 spiro atoms. The van der Waals surface area contributed by atoms with E-state index in [1.807, 2.05) is 13.8 Å². The van der Waals surface area contributed by atoms with Gasteiger partial charge in [0.05, 0.1) is 6.61 Å². The Labute approximate surface area is 65.7 Å². The van der Waals surface area contributed by atoms with Crippen molar-refractivity contribution in [1.82, 2.24) is 9.97 Å². The number of imidazole rings is 1. The molecule has 0 amide bonds. The van der Waals surface area contributed by atoms with E-state index in [0.29, 0.717) is 6.61 Å². The smallest absolute Gasteiger partial charge is 0.114 e. The molecule has 0 aromatic carbocycles. The van der Waals surface area contributed by atoms with Gasteiger partial charge in [0, 0.05) is 17.8 Å². The van der Waals surface area contributed by atoms with Crippen molar-refractivity contribution in [3.05, 3.63) is 18.2 Å². The van der Waals surface area contributed by atoms with Gasteiger partial charge in [-0.3, -0.25) is 0 Å². The molecule has 0 aliphatic heterocycles. The molecule has 0 saturated heterocycles. The summed E-state index contributed by atoms with van der Waals surface area (Å²) < 4.78 is 0. The van der Waals surface area contributed by atoms with E-state index < -0.39 is 0 Å². The van der Waals surface area contributed by atoms with Gasteiger partial charge in [-0.25, -0.2) is 10.9 Å². The van der Waals surface area contributed by atoms with Gasteiger partial charge in [0.15, 0.2) is 0 Å². The quantitative estimate of drug-likeness (QED) is 0.627. The van der Waals surface area contributed by atoms with Crippen molar-refractivity contribution in [1.29, 1.82) is 0 Å². The third-order valence-electron chi connectivity index (χ3n) is 1.58. The van der Waals surface area contributed by atoms with Crippen molar-refractivity contribution in [3.63, 3.8) is 0 Å². The highest BCUT2D eigenvalue weighted by atomic mass is 16.6. The van der Waals surface area contributed by atoms with Gasteiger partial charge >= 0.3 is 0 Å². The number of aromatic amines is 1. The molecule has 4 nitrogen and oxygen atoms in total. The fourth-order valence-corrected chi connectivity index (χ4v) is 0.912. The first-order valence-corrected chi connectivity index (χ1v) is 3.48. The summed E-state index contributed by atoms with van der Waals surface area (Å²) in [4.78, 5) is 11.7. The minimum absolute atomic E-state index is 0.141. The maximum Gasteiger partial charge on any atom is 0.114 e. The lowest BCUT2D eigenvalue weighted by molar-refractivity contribution is 0.0936. The molecule has 0 saturated carbocycles. The number of hydrogen-bond acceptors (Lipinski definition) is 3. The maximum absolute atomic E-state index is 4.98. The van der Waals surface area contributed by atoms with Crippen LogP contribution >= 0.6 is 0 Å². The van der Waals surface area contributed by atoms with Crippen LogP contribution in [0, 0.1) is 0 Å². The average molecular weight is 155 g/mol. The number of nitrogens with two attached hydrogens (primary N) is 1. The van der Waals surface area contributed by atoms with Gasteiger partial charge in [0.1, 0.15) is 5.82 Å². The molecule has 11 heavy (non-hydrogen) atoms. The van der Waals surface area contributed by atoms with Gasteiger partial charge in [-0.2, -0.15) is 0 Å². The van der Waals surface area contributed by atoms with Crippen molar-refractivity contribution < 1.29 is 4.84 Å². The van der Waals surface area contributed by atoms with Crippen LogP contribution in [0.4, 0.5) is 0 Å². The van der Waals surface area contributed by atoms with Gasteiger partial charge in [0.25, 0.3) is 0 Å². The second kappa shape index (κ2) is 3.02. The molecule has 62 valence electrons. The Morgan fingerprint density at radius 2 is 2.45 bits per heavy atom. The van der Waals surface area contributed by atoms with Crippen molar-refractivity contribution >= 4 is 0 Å². The van der Waals surface area contributed by atoms with Gasteiger partial charge in [-0.05, 0) is 0 Å². The lowest BCUT2D eigenvalue weighted by Crippen LogP contribution is -2.27. The Hall–Kier alpha value is -0.870. The van der Waals surface area contributed by atoms with Gasteiger partial charge in [0.2, 0.25) is 0 Å². The molecule has 0 aliphatic carbocycles. The van der Waals surface area contributed by atoms with E-state index in [1.54, 1.807) is 12.4 Å². The lowest BCUT2D eigenvalue weighted by Gasteiger charge is -2.19. The highest BCUT2D eigenvalue weighted by Crippen LogP contribution is 2.18. The van der Waals surface area contributed by atoms with Crippen LogP contribution in [0.3, 0.4) is 0 Å². The zero-order valence-corrected chi connectivity index (χ0v) is 6.79. The predicted molar refractivity (Wildman–Crippen MR) is 41.8 cm³/mol. The zero-order valence-electron chi connectivity index (χ0n) is 6.79. The van der Waals surface area contributed by atoms with Crippen LogP contribution in [0.15, 0.2) is 12.4 Å². The molecule has 1 aromatic rings. The number of rotatable bonds is 3. The number of hydrogen-bond donors (Lipinski definition) is 2. The summed E-state index contributed by atoms with van der Waals surface area (Å²) in [6, 6.07) is 0. The monoisotopic (exact) mass is 155 g/mol. The fraction of sp³-hybridized carbons (Fsp3) is 0.571. The molecule has 0 radical (unpaired) electrons. The number of H-pyrrole nitrogens is 1. The lowest BCUT2D eigenvalue weighted by atomic mass is 9.94. The molecule has 0 fully saturated rings. The van der Waals surface area contributed by atoms with Crippen LogP contribution in [0.1, 0.15) is 19.7 Å². The molecule has 0 aliphatic rings. The van der Waals surface area contributed by atoms with E-state index in [2.05, 4.69) is 14.8 Å².